The second-order valence-corrected chi connectivity index (χ2v) is 13.3. The van der Waals surface area contributed by atoms with Gasteiger partial charge in [0.2, 0.25) is 0 Å². The Kier molecular flexibility index (Phi) is 12.8. The van der Waals surface area contributed by atoms with Crippen LogP contribution in [0.3, 0.4) is 0 Å². The predicted molar refractivity (Wildman–Crippen MR) is 178 cm³/mol. The topological polar surface area (TPSA) is 16.8 Å². The third kappa shape index (κ3) is 7.07. The molecule has 1 heterocycles. The van der Waals surface area contributed by atoms with Gasteiger partial charge in [0, 0.05) is 19.4 Å². The van der Waals surface area contributed by atoms with Gasteiger partial charge in [0.05, 0.1) is 0 Å². The summed E-state index contributed by atoms with van der Waals surface area (Å²) in [6.07, 6.45) is -7.22. The molecule has 0 unspecified atom stereocenters. The number of rotatable bonds is 6. The first kappa shape index (κ1) is 46.9. The lowest BCUT2D eigenvalue weighted by molar-refractivity contribution is -0.701. The van der Waals surface area contributed by atoms with E-state index >= 15 is 35.1 Å². The van der Waals surface area contributed by atoms with E-state index in [1.54, 1.807) is 0 Å². The first-order valence-electron chi connectivity index (χ1n) is 16.9. The summed E-state index contributed by atoms with van der Waals surface area (Å²) in [6.45, 7) is 9.34. The van der Waals surface area contributed by atoms with Gasteiger partial charge in [-0.15, -0.1) is 21.9 Å². The van der Waals surface area contributed by atoms with Crippen molar-refractivity contribution < 1.29 is 92.4 Å². The molecule has 62 heavy (non-hydrogen) atoms. The minimum atomic E-state index is -7.22. The third-order valence-corrected chi connectivity index (χ3v) is 10.1. The Morgan fingerprint density at radius 2 is 0.548 bits per heavy atom. The van der Waals surface area contributed by atoms with Crippen molar-refractivity contribution in [2.45, 2.75) is 34.2 Å². The van der Waals surface area contributed by atoms with Crippen LogP contribution in [-0.4, -0.2) is 11.1 Å². The third-order valence-electron chi connectivity index (χ3n) is 10.1. The molecular formula is C39H19BF20N2. The van der Waals surface area contributed by atoms with Gasteiger partial charge < -0.3 is 0 Å². The lowest BCUT2D eigenvalue weighted by Crippen LogP contribution is -2.81. The molecule has 0 amide bonds. The number of hydrogen-bond donors (Lipinski definition) is 0. The summed E-state index contributed by atoms with van der Waals surface area (Å²) >= 11 is 0. The molecule has 0 spiro atoms. The minimum absolute atomic E-state index is 0.919. The SMILES string of the molecule is Cc1nc(C)c(C)[n+](Cc2ccccc2)c1C.Fc1c(F)c(F)c([B-](c2c(F)c(F)c(F)c(F)c2F)(c2c(F)c(F)c(F)c(F)c2F)c2c(F)c(F)c(F)c(F)c2F)c(F)c1F. The van der Waals surface area contributed by atoms with E-state index in [4.69, 9.17) is 0 Å². The highest BCUT2D eigenvalue weighted by Gasteiger charge is 2.52. The monoisotopic (exact) mass is 906 g/mol. The molecule has 23 heteroatoms. The highest BCUT2D eigenvalue weighted by Crippen LogP contribution is 2.30. The van der Waals surface area contributed by atoms with Gasteiger partial charge in [-0.25, -0.2) is 92.8 Å². The second-order valence-electron chi connectivity index (χ2n) is 13.3. The van der Waals surface area contributed by atoms with Crippen LogP contribution in [0.4, 0.5) is 87.8 Å². The van der Waals surface area contributed by atoms with Crippen molar-refractivity contribution in [2.24, 2.45) is 0 Å². The van der Waals surface area contributed by atoms with Crippen LogP contribution in [0.5, 0.6) is 0 Å². The largest absolute Gasteiger partial charge is 0.245 e. The van der Waals surface area contributed by atoms with Gasteiger partial charge in [-0.2, -0.15) is 4.57 Å². The van der Waals surface area contributed by atoms with E-state index in [2.05, 4.69) is 67.6 Å². The average molecular weight is 906 g/mol. The molecule has 0 radical (unpaired) electrons. The van der Waals surface area contributed by atoms with Crippen LogP contribution >= 0.6 is 0 Å². The van der Waals surface area contributed by atoms with Crippen molar-refractivity contribution >= 4 is 28.0 Å². The van der Waals surface area contributed by atoms with Gasteiger partial charge in [0.1, 0.15) is 64.1 Å². The van der Waals surface area contributed by atoms with Crippen molar-refractivity contribution in [3.63, 3.8) is 0 Å². The van der Waals surface area contributed by atoms with E-state index in [0.717, 1.165) is 17.9 Å². The smallest absolute Gasteiger partial charge is 0.200 e. The maximum Gasteiger partial charge on any atom is 0.200 e. The van der Waals surface area contributed by atoms with Crippen molar-refractivity contribution in [3.05, 3.63) is 175 Å². The maximum absolute atomic E-state index is 15.4. The summed E-state index contributed by atoms with van der Waals surface area (Å²) in [7, 11) is 0. The fourth-order valence-electron chi connectivity index (χ4n) is 6.93. The van der Waals surface area contributed by atoms with E-state index in [1.165, 1.54) is 17.0 Å². The number of hydrogen-bond acceptors (Lipinski definition) is 1. The van der Waals surface area contributed by atoms with Crippen molar-refractivity contribution in [1.82, 2.24) is 4.98 Å². The fourth-order valence-corrected chi connectivity index (χ4v) is 6.93. The summed E-state index contributed by atoms with van der Waals surface area (Å²) in [4.78, 5) is 4.55. The van der Waals surface area contributed by atoms with Crippen LogP contribution in [0.1, 0.15) is 28.3 Å². The van der Waals surface area contributed by atoms with E-state index in [9.17, 15) is 52.7 Å². The van der Waals surface area contributed by atoms with Crippen LogP contribution < -0.4 is 26.4 Å². The van der Waals surface area contributed by atoms with Gasteiger partial charge in [0.15, 0.2) is 87.7 Å². The normalized spacial score (nSPS) is 11.6. The summed E-state index contributed by atoms with van der Waals surface area (Å²) in [5, 5.41) is 0. The molecule has 0 saturated carbocycles. The predicted octanol–water partition coefficient (Wildman–Crippen LogP) is 8.50. The van der Waals surface area contributed by atoms with E-state index in [1.807, 2.05) is 0 Å². The molecule has 0 atom stereocenters. The fraction of sp³-hybridized carbons (Fsp3) is 0.128. The second kappa shape index (κ2) is 17.0. The molecule has 0 saturated heterocycles. The Labute approximate surface area is 334 Å². The molecule has 0 aliphatic carbocycles. The van der Waals surface area contributed by atoms with E-state index in [-0.39, 0.29) is 0 Å². The molecule has 0 fully saturated rings. The number of benzene rings is 5. The van der Waals surface area contributed by atoms with E-state index < -0.39 is 144 Å². The zero-order chi connectivity index (χ0) is 46.8. The Balaban J connectivity index is 0.000000355. The lowest BCUT2D eigenvalue weighted by Gasteiger charge is -2.44. The number of nitrogens with zero attached hydrogens (tertiary/aromatic N) is 2. The summed E-state index contributed by atoms with van der Waals surface area (Å²) < 4.78 is 296. The Bertz CT molecular complexity index is 2410. The average Bonchev–Trinajstić information content (AvgIpc) is 3.24. The molecular weight excluding hydrogens is 887 g/mol. The Morgan fingerprint density at radius 3 is 0.774 bits per heavy atom. The molecule has 0 aliphatic rings. The number of halogens is 20. The highest BCUT2D eigenvalue weighted by atomic mass is 19.2. The quantitative estimate of drug-likeness (QED) is 0.0539. The lowest BCUT2D eigenvalue weighted by atomic mass is 9.12. The van der Waals surface area contributed by atoms with Gasteiger partial charge >= 0.3 is 0 Å². The Morgan fingerprint density at radius 1 is 0.339 bits per heavy atom. The molecule has 0 bridgehead atoms. The van der Waals surface area contributed by atoms with Crippen LogP contribution in [0.15, 0.2) is 30.3 Å². The van der Waals surface area contributed by atoms with Crippen molar-refractivity contribution in [1.29, 1.82) is 0 Å². The van der Waals surface area contributed by atoms with Crippen LogP contribution in [0.2, 0.25) is 0 Å². The molecule has 0 N–H and O–H groups in total. The van der Waals surface area contributed by atoms with Crippen LogP contribution in [0.25, 0.3) is 0 Å². The van der Waals surface area contributed by atoms with Gasteiger partial charge in [-0.3, -0.25) is 0 Å². The van der Waals surface area contributed by atoms with Gasteiger partial charge in [-0.1, -0.05) is 30.3 Å². The number of aryl methyl sites for hydroxylation is 2. The van der Waals surface area contributed by atoms with Crippen LogP contribution in [0, 0.1) is 144 Å². The summed E-state index contributed by atoms with van der Waals surface area (Å²) in [5.41, 5.74) is -8.28. The first-order valence-corrected chi connectivity index (χ1v) is 16.9. The number of aromatic nitrogens is 2. The minimum Gasteiger partial charge on any atom is -0.245 e. The van der Waals surface area contributed by atoms with Crippen LogP contribution in [-0.2, 0) is 6.54 Å². The molecule has 6 rings (SSSR count). The van der Waals surface area contributed by atoms with Gasteiger partial charge in [-0.05, 0) is 13.8 Å². The Hall–Kier alpha value is -6.16. The highest BCUT2D eigenvalue weighted by molar-refractivity contribution is 7.20. The zero-order valence-corrected chi connectivity index (χ0v) is 31.1. The van der Waals surface area contributed by atoms with Crippen molar-refractivity contribution in [2.75, 3.05) is 0 Å². The standard InChI is InChI=1S/C24BF20.C15H19N2/c26-5-1(6(27)14(35)21(42)13(5)34)25(2-7(28)15(36)22(43)16(37)8(2)29,3-9(30)17(38)23(44)18(39)10(3)31)4-11(32)19(40)24(45)20(41)12(4)33;1-11-13(3)17(14(4)12(2)16-11)10-15-8-6-5-7-9-15/h;5-9H,10H2,1-4H3/q-1;+1. The summed E-state index contributed by atoms with van der Waals surface area (Å²) in [6, 6.07) is 10.5. The molecule has 0 aliphatic heterocycles. The zero-order valence-electron chi connectivity index (χ0n) is 31.1. The first-order chi connectivity index (χ1) is 28.8. The molecule has 1 aromatic heterocycles. The summed E-state index contributed by atoms with van der Waals surface area (Å²) in [5.74, 6) is -71.4. The van der Waals surface area contributed by atoms with E-state index in [0.29, 0.717) is 0 Å². The molecule has 6 aromatic rings. The maximum atomic E-state index is 15.4. The van der Waals surface area contributed by atoms with Crippen molar-refractivity contribution in [3.8, 4) is 0 Å². The molecule has 328 valence electrons. The van der Waals surface area contributed by atoms with Gasteiger partial charge in [0.25, 0.3) is 0 Å². The molecule has 5 aromatic carbocycles. The molecule has 2 nitrogen and oxygen atoms in total.